The number of aliphatic hydroxyl groups excluding tert-OH is 3. The molecule has 0 spiro atoms. The van der Waals surface area contributed by atoms with Crippen molar-refractivity contribution in [2.45, 2.75) is 175 Å². The summed E-state index contributed by atoms with van der Waals surface area (Å²) in [7, 11) is 1.67. The van der Waals surface area contributed by atoms with Crippen LogP contribution in [0.25, 0.3) is 0 Å². The molecule has 9 amide bonds. The van der Waals surface area contributed by atoms with Gasteiger partial charge in [0.2, 0.25) is 17.7 Å². The minimum absolute atomic E-state index is 0.0649. The molecular formula is C108H132N12O12. The van der Waals surface area contributed by atoms with Crippen LogP contribution in [0, 0.1) is 37.0 Å². The van der Waals surface area contributed by atoms with E-state index in [1.165, 1.54) is 5.01 Å². The van der Waals surface area contributed by atoms with E-state index in [4.69, 9.17) is 19.3 Å². The molecule has 0 heterocycles. The van der Waals surface area contributed by atoms with Gasteiger partial charge in [0.25, 0.3) is 35.4 Å². The van der Waals surface area contributed by atoms with Crippen LogP contribution in [0.3, 0.4) is 0 Å². The molecule has 0 aromatic heterocycles. The van der Waals surface area contributed by atoms with Crippen LogP contribution in [-0.2, 0) is 52.9 Å². The lowest BCUT2D eigenvalue weighted by Gasteiger charge is -2.30. The molecule has 696 valence electrons. The van der Waals surface area contributed by atoms with Crippen LogP contribution in [0.2, 0.25) is 0 Å². The highest BCUT2D eigenvalue weighted by Crippen LogP contribution is 2.22. The SMILES string of the molecule is C#Cc1cc(C(=O)NC(Cc2ccccc2)C(O)CN(C)NC(=O)Cc2ccccc2)cc(C(=O)N(CCC)CCC)c1.C#Cc1cc(C(=O)NC(Cc2ccccc2)C(O)CN(CC)NC(=O)Cc2ccccc2)cc(C(=O)N(CCC)CCC)c1.C#Cc1cc(C(=O)NC(Cc2ccccc2)C(O)CN(CCC)NC(=O)Cc2ccccc2)cc(C(=O)N(CCC)CCC)c1. The van der Waals surface area contributed by atoms with Crippen molar-refractivity contribution in [3.05, 3.63) is 320 Å². The maximum absolute atomic E-state index is 13.7. The number of nitrogens with zero attached hydrogens (tertiary/aromatic N) is 6. The first-order chi connectivity index (χ1) is 63.8. The van der Waals surface area contributed by atoms with Crippen LogP contribution in [-0.4, -0.2) is 214 Å². The summed E-state index contributed by atoms with van der Waals surface area (Å²) >= 11 is 0. The Labute approximate surface area is 780 Å². The Bertz CT molecular complexity index is 5230. The smallest absolute Gasteiger partial charge is 0.253 e. The zero-order valence-corrected chi connectivity index (χ0v) is 77.9. The van der Waals surface area contributed by atoms with E-state index in [2.05, 4.69) is 50.0 Å². The van der Waals surface area contributed by atoms with E-state index in [1.807, 2.05) is 237 Å². The molecule has 9 aromatic rings. The summed E-state index contributed by atoms with van der Waals surface area (Å²) in [5.74, 6) is 5.19. The third-order valence-corrected chi connectivity index (χ3v) is 21.5. The number of likely N-dealkylation sites (N-methyl/N-ethyl adjacent to an activating group) is 2. The standard InChI is InChI=1S/C37H46N4O4.C36H44N4O4.C35H42N4O4/c1-5-19-40(20-6-2)37(45)32-23-28(8-4)22-31(26-32)36(44)38-33(24-29-15-11-9-12-16-29)34(42)27-41(21-7-3)39-35(43)25-30-17-13-10-14-18-30;1-5-19-39(20-6-2)36(44)31-22-27(7-3)21-30(25-31)35(43)37-32(23-28-15-11-9-12-16-28)33(41)26-40(8-4)38-34(42)24-29-17-13-10-14-18-29;1-5-18-39(19-6-2)35(43)30-21-26(7-3)20-29(24-30)34(42)36-31(22-27-14-10-8-11-15-27)32(40)25-38(4)37-33(41)23-28-16-12-9-13-17-28/h4,9-18,22-23,26,33-34,42H,5-7,19-21,24-25,27H2,1-3H3,(H,38,44)(H,39,43);3,9-18,21-22,25,32-33,41H,5-6,8,19-20,23-24,26H2,1-2,4H3,(H,37,43)(H,38,42);3,8-17,20-21,24,31-32,40H,5-6,18-19,22-23,25H2,1-2,4H3,(H,36,42)(H,37,41). The van der Waals surface area contributed by atoms with Gasteiger partial charge in [-0.05, 0) is 152 Å². The fourth-order valence-corrected chi connectivity index (χ4v) is 15.1. The minimum atomic E-state index is -1.03. The molecule has 24 heteroatoms. The van der Waals surface area contributed by atoms with Gasteiger partial charge in [-0.2, -0.15) is 0 Å². The van der Waals surface area contributed by atoms with Gasteiger partial charge in [0, 0.05) is 129 Å². The van der Waals surface area contributed by atoms with E-state index in [0.29, 0.717) is 105 Å². The summed E-state index contributed by atoms with van der Waals surface area (Å²) in [5.41, 5.74) is 17.1. The fourth-order valence-electron chi connectivity index (χ4n) is 15.1. The normalized spacial score (nSPS) is 12.2. The second kappa shape index (κ2) is 57.6. The van der Waals surface area contributed by atoms with Crippen LogP contribution in [0.5, 0.6) is 0 Å². The average Bonchev–Trinajstić information content (AvgIpc) is 0.826. The summed E-state index contributed by atoms with van der Waals surface area (Å²) in [6.45, 7) is 20.8. The molecule has 9 rings (SSSR count). The third kappa shape index (κ3) is 36.2. The lowest BCUT2D eigenvalue weighted by Crippen LogP contribution is -2.53. The van der Waals surface area contributed by atoms with Gasteiger partial charge in [-0.25, -0.2) is 15.0 Å². The van der Waals surface area contributed by atoms with Crippen molar-refractivity contribution in [3.63, 3.8) is 0 Å². The molecule has 6 unspecified atom stereocenters. The molecule has 24 nitrogen and oxygen atoms in total. The van der Waals surface area contributed by atoms with Crippen molar-refractivity contribution in [1.82, 2.24) is 62.0 Å². The molecule has 0 fully saturated rings. The zero-order valence-electron chi connectivity index (χ0n) is 77.9. The maximum Gasteiger partial charge on any atom is 0.253 e. The minimum Gasteiger partial charge on any atom is -0.390 e. The highest BCUT2D eigenvalue weighted by molar-refractivity contribution is 6.03. The number of hydrogen-bond acceptors (Lipinski definition) is 15. The molecule has 0 aliphatic rings. The Balaban J connectivity index is 0.000000271. The third-order valence-electron chi connectivity index (χ3n) is 21.5. The summed E-state index contributed by atoms with van der Waals surface area (Å²) in [6, 6.07) is 69.1. The summed E-state index contributed by atoms with van der Waals surface area (Å²) < 4.78 is 0. The fraction of sp³-hybridized carbons (Fsp3) is 0.361. The summed E-state index contributed by atoms with van der Waals surface area (Å²) in [6.07, 6.45) is 21.3. The van der Waals surface area contributed by atoms with Gasteiger partial charge in [0.15, 0.2) is 0 Å². The second-order valence-corrected chi connectivity index (χ2v) is 32.7. The highest BCUT2D eigenvalue weighted by atomic mass is 16.3. The van der Waals surface area contributed by atoms with Gasteiger partial charge in [-0.15, -0.1) is 19.3 Å². The Hall–Kier alpha value is -13.4. The first kappa shape index (κ1) is 106. The molecule has 0 aliphatic carbocycles. The van der Waals surface area contributed by atoms with Gasteiger partial charge in [-0.1, -0.05) is 255 Å². The number of benzene rings is 9. The summed E-state index contributed by atoms with van der Waals surface area (Å²) in [5, 5.41) is 48.0. The van der Waals surface area contributed by atoms with Crippen LogP contribution in [0.1, 0.15) is 213 Å². The molecule has 9 N–H and O–H groups in total. The molecule has 0 bridgehead atoms. The molecule has 0 radical (unpaired) electrons. The molecule has 9 aromatic carbocycles. The molecule has 6 atom stereocenters. The first-order valence-corrected chi connectivity index (χ1v) is 45.8. The van der Waals surface area contributed by atoms with Gasteiger partial charge in [0.1, 0.15) is 0 Å². The average molecular weight is 1790 g/mol. The first-order valence-electron chi connectivity index (χ1n) is 45.8. The Morgan fingerprint density at radius 2 is 0.538 bits per heavy atom. The van der Waals surface area contributed by atoms with E-state index in [9.17, 15) is 58.5 Å². The summed E-state index contributed by atoms with van der Waals surface area (Å²) in [4.78, 5) is 124. The number of carbonyl (C=O) groups is 9. The largest absolute Gasteiger partial charge is 0.390 e. The highest BCUT2D eigenvalue weighted by Gasteiger charge is 2.31. The lowest BCUT2D eigenvalue weighted by atomic mass is 9.99. The molecule has 0 saturated carbocycles. The number of hydrazine groups is 3. The van der Waals surface area contributed by atoms with Crippen molar-refractivity contribution in [2.75, 3.05) is 79.0 Å². The van der Waals surface area contributed by atoms with E-state index in [1.54, 1.807) is 86.4 Å². The maximum atomic E-state index is 13.7. The number of amides is 9. The van der Waals surface area contributed by atoms with E-state index < -0.39 is 54.2 Å². The number of carbonyl (C=O) groups excluding carboxylic acids is 9. The number of terminal acetylenes is 3. The molecular weight excluding hydrogens is 1660 g/mol. The van der Waals surface area contributed by atoms with Crippen molar-refractivity contribution in [1.29, 1.82) is 0 Å². The lowest BCUT2D eigenvalue weighted by molar-refractivity contribution is -0.126. The van der Waals surface area contributed by atoms with Crippen molar-refractivity contribution in [2.24, 2.45) is 0 Å². The van der Waals surface area contributed by atoms with E-state index in [-0.39, 0.29) is 91.0 Å². The monoisotopic (exact) mass is 1790 g/mol. The van der Waals surface area contributed by atoms with Crippen molar-refractivity contribution in [3.8, 4) is 37.0 Å². The van der Waals surface area contributed by atoms with Gasteiger partial charge in [-0.3, -0.25) is 59.4 Å². The van der Waals surface area contributed by atoms with Gasteiger partial charge < -0.3 is 46.0 Å². The Morgan fingerprint density at radius 3 is 0.795 bits per heavy atom. The number of hydrogen-bond donors (Lipinski definition) is 9. The van der Waals surface area contributed by atoms with Crippen molar-refractivity contribution >= 4 is 53.2 Å². The Kier molecular flexibility index (Phi) is 46.2. The van der Waals surface area contributed by atoms with Crippen LogP contribution >= 0.6 is 0 Å². The molecule has 0 saturated heterocycles. The number of aliphatic hydroxyl groups is 3. The van der Waals surface area contributed by atoms with E-state index in [0.717, 1.165) is 78.3 Å². The van der Waals surface area contributed by atoms with E-state index >= 15 is 0 Å². The van der Waals surface area contributed by atoms with Crippen molar-refractivity contribution < 1.29 is 58.5 Å². The van der Waals surface area contributed by atoms with Crippen LogP contribution < -0.4 is 32.2 Å². The quantitative estimate of drug-likeness (QED) is 0.0126. The van der Waals surface area contributed by atoms with Gasteiger partial charge >= 0.3 is 0 Å². The Morgan fingerprint density at radius 1 is 0.303 bits per heavy atom. The molecule has 132 heavy (non-hydrogen) atoms. The van der Waals surface area contributed by atoms with Crippen LogP contribution in [0.15, 0.2) is 237 Å². The van der Waals surface area contributed by atoms with Crippen LogP contribution in [0.4, 0.5) is 0 Å². The number of rotatable bonds is 48. The predicted octanol–water partition coefficient (Wildman–Crippen LogP) is 12.7. The number of nitrogens with one attached hydrogen (secondary N) is 6. The molecule has 0 aliphatic heterocycles. The predicted molar refractivity (Wildman–Crippen MR) is 521 cm³/mol. The zero-order chi connectivity index (χ0) is 95.7. The second-order valence-electron chi connectivity index (χ2n) is 32.7. The van der Waals surface area contributed by atoms with Gasteiger partial charge in [0.05, 0.1) is 55.7 Å². The topological polar surface area (TPSA) is 306 Å².